The molecule has 2 N–H and O–H groups in total. The number of hydrogen-bond donors (Lipinski definition) is 1. The molecule has 25 heavy (non-hydrogen) atoms. The molecule has 2 heterocycles. The maximum Gasteiger partial charge on any atom is 0.274 e. The lowest BCUT2D eigenvalue weighted by Gasteiger charge is -2.34. The van der Waals surface area contributed by atoms with Gasteiger partial charge in [0.05, 0.1) is 9.88 Å². The Morgan fingerprint density at radius 2 is 2.08 bits per heavy atom. The van der Waals surface area contributed by atoms with Crippen molar-refractivity contribution in [1.82, 2.24) is 9.88 Å². The van der Waals surface area contributed by atoms with Gasteiger partial charge in [0.1, 0.15) is 11.5 Å². The molecule has 1 atom stereocenters. The topological polar surface area (TPSA) is 59.2 Å². The normalized spacial score (nSPS) is 20.7. The Morgan fingerprint density at radius 1 is 1.28 bits per heavy atom. The number of halogens is 1. The summed E-state index contributed by atoms with van der Waals surface area (Å²) in [5.41, 5.74) is 6.74. The number of carbonyl (C=O) groups is 1. The zero-order valence-corrected chi connectivity index (χ0v) is 14.9. The molecule has 132 valence electrons. The second-order valence-corrected chi connectivity index (χ2v) is 7.90. The van der Waals surface area contributed by atoms with Gasteiger partial charge in [0.2, 0.25) is 0 Å². The lowest BCUT2D eigenvalue weighted by molar-refractivity contribution is 0.0618. The summed E-state index contributed by atoms with van der Waals surface area (Å²) in [7, 11) is 0. The molecule has 0 bridgehead atoms. The Labute approximate surface area is 150 Å². The first-order valence-electron chi connectivity index (χ1n) is 8.95. The molecule has 1 aromatic carbocycles. The van der Waals surface area contributed by atoms with E-state index in [1.54, 1.807) is 18.2 Å². The SMILES string of the molecule is NCC1CCCCN1C(=O)c1nc(C2CC2)sc1-c1ccccc1F. The highest BCUT2D eigenvalue weighted by Gasteiger charge is 2.34. The highest BCUT2D eigenvalue weighted by molar-refractivity contribution is 7.15. The van der Waals surface area contributed by atoms with Crippen molar-refractivity contribution in [2.75, 3.05) is 13.1 Å². The summed E-state index contributed by atoms with van der Waals surface area (Å²) in [6.07, 6.45) is 5.21. The van der Waals surface area contributed by atoms with Gasteiger partial charge in [-0.05, 0) is 38.2 Å². The maximum atomic E-state index is 14.4. The number of nitrogens with zero attached hydrogens (tertiary/aromatic N) is 2. The van der Waals surface area contributed by atoms with Crippen LogP contribution in [-0.2, 0) is 0 Å². The van der Waals surface area contributed by atoms with Crippen LogP contribution in [0.15, 0.2) is 24.3 Å². The minimum atomic E-state index is -0.309. The molecule has 4 rings (SSSR count). The second-order valence-electron chi connectivity index (χ2n) is 6.87. The number of rotatable bonds is 4. The van der Waals surface area contributed by atoms with E-state index in [0.29, 0.717) is 35.1 Å². The van der Waals surface area contributed by atoms with Crippen molar-refractivity contribution < 1.29 is 9.18 Å². The van der Waals surface area contributed by atoms with E-state index < -0.39 is 0 Å². The van der Waals surface area contributed by atoms with Crippen LogP contribution in [0.5, 0.6) is 0 Å². The number of piperidine rings is 1. The van der Waals surface area contributed by atoms with Crippen LogP contribution in [-0.4, -0.2) is 34.9 Å². The second kappa shape index (κ2) is 6.84. The number of benzene rings is 1. The Bertz CT molecular complexity index is 787. The highest BCUT2D eigenvalue weighted by atomic mass is 32.1. The van der Waals surface area contributed by atoms with E-state index in [2.05, 4.69) is 4.98 Å². The van der Waals surface area contributed by atoms with Gasteiger partial charge in [-0.15, -0.1) is 11.3 Å². The van der Waals surface area contributed by atoms with Gasteiger partial charge in [-0.25, -0.2) is 9.37 Å². The quantitative estimate of drug-likeness (QED) is 0.904. The highest BCUT2D eigenvalue weighted by Crippen LogP contribution is 2.45. The summed E-state index contributed by atoms with van der Waals surface area (Å²) in [4.78, 5) is 20.4. The number of aromatic nitrogens is 1. The number of likely N-dealkylation sites (tertiary alicyclic amines) is 1. The van der Waals surface area contributed by atoms with Crippen LogP contribution in [0.4, 0.5) is 4.39 Å². The predicted molar refractivity (Wildman–Crippen MR) is 97.2 cm³/mol. The number of carbonyl (C=O) groups excluding carboxylic acids is 1. The van der Waals surface area contributed by atoms with Crippen molar-refractivity contribution >= 4 is 17.2 Å². The van der Waals surface area contributed by atoms with Crippen molar-refractivity contribution in [3.05, 3.63) is 40.8 Å². The van der Waals surface area contributed by atoms with Gasteiger partial charge in [0.25, 0.3) is 5.91 Å². The molecule has 1 saturated heterocycles. The third-order valence-corrected chi connectivity index (χ3v) is 6.30. The van der Waals surface area contributed by atoms with Gasteiger partial charge in [-0.1, -0.05) is 18.2 Å². The van der Waals surface area contributed by atoms with Crippen LogP contribution in [0.1, 0.15) is 53.5 Å². The van der Waals surface area contributed by atoms with Crippen LogP contribution in [0.25, 0.3) is 10.4 Å². The van der Waals surface area contributed by atoms with Crippen molar-refractivity contribution in [2.45, 2.75) is 44.1 Å². The van der Waals surface area contributed by atoms with E-state index in [0.717, 1.165) is 37.1 Å². The number of thiazole rings is 1. The molecule has 1 aliphatic heterocycles. The Hall–Kier alpha value is -1.79. The van der Waals surface area contributed by atoms with Crippen molar-refractivity contribution in [2.24, 2.45) is 5.73 Å². The van der Waals surface area contributed by atoms with Gasteiger partial charge in [0.15, 0.2) is 0 Å². The van der Waals surface area contributed by atoms with Gasteiger partial charge in [-0.3, -0.25) is 4.79 Å². The molecule has 2 aromatic rings. The fourth-order valence-electron chi connectivity index (χ4n) is 3.46. The molecule has 1 unspecified atom stereocenters. The summed E-state index contributed by atoms with van der Waals surface area (Å²) < 4.78 is 14.4. The van der Waals surface area contributed by atoms with E-state index >= 15 is 0 Å². The first-order valence-corrected chi connectivity index (χ1v) is 9.77. The molecule has 4 nitrogen and oxygen atoms in total. The predicted octanol–water partition coefficient (Wildman–Crippen LogP) is 3.78. The Balaban J connectivity index is 1.75. The molecule has 0 radical (unpaired) electrons. The van der Waals surface area contributed by atoms with Crippen molar-refractivity contribution in [3.8, 4) is 10.4 Å². The van der Waals surface area contributed by atoms with Crippen LogP contribution in [0.3, 0.4) is 0 Å². The molecule has 1 aliphatic carbocycles. The lowest BCUT2D eigenvalue weighted by atomic mass is 10.0. The molecule has 6 heteroatoms. The van der Waals surface area contributed by atoms with Gasteiger partial charge >= 0.3 is 0 Å². The fraction of sp³-hybridized carbons (Fsp3) is 0.474. The van der Waals surface area contributed by atoms with E-state index in [4.69, 9.17) is 5.73 Å². The van der Waals surface area contributed by atoms with Crippen LogP contribution < -0.4 is 5.73 Å². The fourth-order valence-corrected chi connectivity index (χ4v) is 4.72. The smallest absolute Gasteiger partial charge is 0.274 e. The molecular weight excluding hydrogens is 337 g/mol. The Morgan fingerprint density at radius 3 is 2.80 bits per heavy atom. The summed E-state index contributed by atoms with van der Waals surface area (Å²) in [5.74, 6) is 0.0249. The molecular formula is C19H22FN3OS. The van der Waals surface area contributed by atoms with Crippen LogP contribution in [0, 0.1) is 5.82 Å². The first-order chi connectivity index (χ1) is 12.2. The van der Waals surface area contributed by atoms with Crippen molar-refractivity contribution in [3.63, 3.8) is 0 Å². The minimum absolute atomic E-state index is 0.0563. The number of hydrogen-bond acceptors (Lipinski definition) is 4. The van der Waals surface area contributed by atoms with E-state index in [9.17, 15) is 9.18 Å². The molecule has 2 aliphatic rings. The monoisotopic (exact) mass is 359 g/mol. The molecule has 1 amide bonds. The molecule has 2 fully saturated rings. The van der Waals surface area contributed by atoms with Gasteiger partial charge in [0, 0.05) is 30.6 Å². The average molecular weight is 359 g/mol. The van der Waals surface area contributed by atoms with E-state index in [1.165, 1.54) is 17.4 Å². The third-order valence-electron chi connectivity index (χ3n) is 5.05. The van der Waals surface area contributed by atoms with E-state index in [1.807, 2.05) is 4.90 Å². The molecule has 0 spiro atoms. The summed E-state index contributed by atoms with van der Waals surface area (Å²) in [6, 6.07) is 6.68. The Kier molecular flexibility index (Phi) is 4.56. The number of nitrogens with two attached hydrogens (primary N) is 1. The van der Waals surface area contributed by atoms with Crippen molar-refractivity contribution in [1.29, 1.82) is 0 Å². The minimum Gasteiger partial charge on any atom is -0.333 e. The summed E-state index contributed by atoms with van der Waals surface area (Å²) in [5, 5.41) is 0.961. The maximum absolute atomic E-state index is 14.4. The third kappa shape index (κ3) is 3.20. The molecule has 1 saturated carbocycles. The van der Waals surface area contributed by atoms with Crippen LogP contribution in [0.2, 0.25) is 0 Å². The van der Waals surface area contributed by atoms with Crippen LogP contribution >= 0.6 is 11.3 Å². The largest absolute Gasteiger partial charge is 0.333 e. The molecule has 1 aromatic heterocycles. The average Bonchev–Trinajstić information content (AvgIpc) is 3.41. The lowest BCUT2D eigenvalue weighted by Crippen LogP contribution is -2.47. The zero-order chi connectivity index (χ0) is 17.4. The summed E-state index contributed by atoms with van der Waals surface area (Å²) in [6.45, 7) is 1.16. The number of amides is 1. The summed E-state index contributed by atoms with van der Waals surface area (Å²) >= 11 is 1.47. The first kappa shape index (κ1) is 16.7. The van der Waals surface area contributed by atoms with Gasteiger partial charge < -0.3 is 10.6 Å². The van der Waals surface area contributed by atoms with E-state index in [-0.39, 0.29) is 17.8 Å². The zero-order valence-electron chi connectivity index (χ0n) is 14.1. The standard InChI is InChI=1S/C19H22FN3OS/c20-15-7-2-1-6-14(15)17-16(22-18(25-17)12-8-9-12)19(24)23-10-4-3-5-13(23)11-21/h1-2,6-7,12-13H,3-5,8-11,21H2. The van der Waals surface area contributed by atoms with Gasteiger partial charge in [-0.2, -0.15) is 0 Å².